The third kappa shape index (κ3) is 2.29. The van der Waals surface area contributed by atoms with Crippen molar-refractivity contribution in [3.05, 3.63) is 36.2 Å². The van der Waals surface area contributed by atoms with Crippen LogP contribution in [0.15, 0.2) is 34.8 Å². The molecule has 1 amide bonds. The molecule has 24 heavy (non-hydrogen) atoms. The van der Waals surface area contributed by atoms with Crippen molar-refractivity contribution in [1.29, 1.82) is 0 Å². The maximum absolute atomic E-state index is 12.7. The summed E-state index contributed by atoms with van der Waals surface area (Å²) in [6.07, 6.45) is 5.36. The Balaban J connectivity index is 1.57. The van der Waals surface area contributed by atoms with Gasteiger partial charge in [0.15, 0.2) is 11.5 Å². The predicted octanol–water partition coefficient (Wildman–Crippen LogP) is 2.85. The van der Waals surface area contributed by atoms with Crippen LogP contribution in [-0.2, 0) is 16.0 Å². The minimum atomic E-state index is -0.897. The van der Waals surface area contributed by atoms with E-state index in [2.05, 4.69) is 10.3 Å². The topological polar surface area (TPSA) is 92.4 Å². The number of rotatable bonds is 4. The molecule has 1 fully saturated rings. The van der Waals surface area contributed by atoms with E-state index < -0.39 is 17.8 Å². The number of nitrogens with zero attached hydrogens (tertiary/aromatic N) is 1. The Bertz CT molecular complexity index is 854. The second kappa shape index (κ2) is 5.47. The van der Waals surface area contributed by atoms with Gasteiger partial charge < -0.3 is 14.8 Å². The zero-order valence-corrected chi connectivity index (χ0v) is 13.2. The van der Waals surface area contributed by atoms with E-state index in [1.54, 1.807) is 18.2 Å². The molecule has 6 nitrogen and oxygen atoms in total. The normalized spacial score (nSPS) is 27.7. The minimum Gasteiger partial charge on any atom is -0.481 e. The van der Waals surface area contributed by atoms with E-state index >= 15 is 0 Å². The van der Waals surface area contributed by atoms with Crippen molar-refractivity contribution in [2.75, 3.05) is 5.32 Å². The van der Waals surface area contributed by atoms with Gasteiger partial charge in [-0.25, -0.2) is 4.98 Å². The Hall–Kier alpha value is -2.63. The van der Waals surface area contributed by atoms with Crippen molar-refractivity contribution in [3.63, 3.8) is 0 Å². The van der Waals surface area contributed by atoms with Gasteiger partial charge in [0.25, 0.3) is 0 Å². The van der Waals surface area contributed by atoms with E-state index in [0.29, 0.717) is 29.1 Å². The van der Waals surface area contributed by atoms with E-state index in [1.807, 2.05) is 19.1 Å². The zero-order chi connectivity index (χ0) is 16.8. The monoisotopic (exact) mass is 326 g/mol. The molecular formula is C18H18N2O4. The summed E-state index contributed by atoms with van der Waals surface area (Å²) < 4.78 is 5.56. The van der Waals surface area contributed by atoms with Gasteiger partial charge in [0.1, 0.15) is 5.52 Å². The van der Waals surface area contributed by atoms with Crippen LogP contribution >= 0.6 is 0 Å². The van der Waals surface area contributed by atoms with Crippen molar-refractivity contribution in [3.8, 4) is 0 Å². The second-order valence-corrected chi connectivity index (χ2v) is 6.47. The number of nitrogens with one attached hydrogen (secondary N) is 1. The van der Waals surface area contributed by atoms with E-state index in [9.17, 15) is 14.7 Å². The summed E-state index contributed by atoms with van der Waals surface area (Å²) in [5, 5.41) is 12.3. The molecule has 2 aliphatic rings. The lowest BCUT2D eigenvalue weighted by atomic mass is 9.82. The fourth-order valence-corrected chi connectivity index (χ4v) is 3.95. The molecule has 1 heterocycles. The van der Waals surface area contributed by atoms with Gasteiger partial charge in [-0.2, -0.15) is 0 Å². The van der Waals surface area contributed by atoms with Gasteiger partial charge in [-0.1, -0.05) is 19.1 Å². The number of fused-ring (bicyclic) bond motifs is 3. The zero-order valence-electron chi connectivity index (χ0n) is 13.2. The largest absolute Gasteiger partial charge is 0.481 e. The van der Waals surface area contributed by atoms with Crippen molar-refractivity contribution in [2.24, 2.45) is 23.7 Å². The maximum Gasteiger partial charge on any atom is 0.307 e. The SMILES string of the molecule is CCc1nc2cc(NC(=O)[C@H]3[C@H](C(=O)O)[C@H]4C=C[C@H]3C4)ccc2o1. The van der Waals surface area contributed by atoms with Crippen LogP contribution in [0.4, 0.5) is 5.69 Å². The number of hydrogen-bond donors (Lipinski definition) is 2. The fraction of sp³-hybridized carbons (Fsp3) is 0.389. The average Bonchev–Trinajstić information content (AvgIpc) is 3.26. The molecule has 4 rings (SSSR count). The summed E-state index contributed by atoms with van der Waals surface area (Å²) in [7, 11) is 0. The number of allylic oxidation sites excluding steroid dienone is 2. The number of carbonyl (C=O) groups is 2. The Morgan fingerprint density at radius 1 is 1.29 bits per heavy atom. The first-order chi connectivity index (χ1) is 11.6. The highest BCUT2D eigenvalue weighted by molar-refractivity contribution is 5.97. The summed E-state index contributed by atoms with van der Waals surface area (Å²) in [6.45, 7) is 1.96. The molecule has 0 aliphatic heterocycles. The molecule has 2 aromatic rings. The fourth-order valence-electron chi connectivity index (χ4n) is 3.95. The van der Waals surface area contributed by atoms with Crippen LogP contribution in [0.2, 0.25) is 0 Å². The van der Waals surface area contributed by atoms with Crippen LogP contribution in [0, 0.1) is 23.7 Å². The summed E-state index contributed by atoms with van der Waals surface area (Å²) in [5.74, 6) is -1.66. The Morgan fingerprint density at radius 2 is 2.04 bits per heavy atom. The lowest BCUT2D eigenvalue weighted by Crippen LogP contribution is -2.36. The summed E-state index contributed by atoms with van der Waals surface area (Å²) in [6, 6.07) is 5.28. The maximum atomic E-state index is 12.7. The molecule has 0 saturated heterocycles. The van der Waals surface area contributed by atoms with E-state index in [1.165, 1.54) is 0 Å². The molecule has 0 spiro atoms. The molecule has 1 aromatic heterocycles. The molecule has 2 N–H and O–H groups in total. The summed E-state index contributed by atoms with van der Waals surface area (Å²) in [4.78, 5) is 28.6. The van der Waals surface area contributed by atoms with E-state index in [-0.39, 0.29) is 17.7 Å². The third-order valence-electron chi connectivity index (χ3n) is 5.05. The number of benzene rings is 1. The summed E-state index contributed by atoms with van der Waals surface area (Å²) in [5.41, 5.74) is 1.97. The first-order valence-corrected chi connectivity index (χ1v) is 8.18. The highest BCUT2D eigenvalue weighted by atomic mass is 16.4. The highest BCUT2D eigenvalue weighted by Gasteiger charge is 2.51. The molecule has 4 atom stereocenters. The van der Waals surface area contributed by atoms with Crippen LogP contribution in [0.3, 0.4) is 0 Å². The van der Waals surface area contributed by atoms with E-state index in [4.69, 9.17) is 4.42 Å². The van der Waals surface area contributed by atoms with Gasteiger partial charge in [-0.3, -0.25) is 9.59 Å². The summed E-state index contributed by atoms with van der Waals surface area (Å²) >= 11 is 0. The molecule has 2 aliphatic carbocycles. The van der Waals surface area contributed by atoms with Gasteiger partial charge in [-0.15, -0.1) is 0 Å². The molecule has 1 saturated carbocycles. The smallest absolute Gasteiger partial charge is 0.307 e. The predicted molar refractivity (Wildman–Crippen MR) is 87.4 cm³/mol. The number of hydrogen-bond acceptors (Lipinski definition) is 4. The Labute approximate surface area is 138 Å². The van der Waals surface area contributed by atoms with Gasteiger partial charge in [-0.05, 0) is 36.5 Å². The number of carboxylic acid groups (broad SMARTS) is 1. The lowest BCUT2D eigenvalue weighted by molar-refractivity contribution is -0.146. The van der Waals surface area contributed by atoms with Crippen molar-refractivity contribution >= 4 is 28.7 Å². The third-order valence-corrected chi connectivity index (χ3v) is 5.05. The lowest BCUT2D eigenvalue weighted by Gasteiger charge is -2.23. The molecule has 0 radical (unpaired) electrons. The first-order valence-electron chi connectivity index (χ1n) is 8.18. The van der Waals surface area contributed by atoms with Crippen LogP contribution in [0.1, 0.15) is 19.2 Å². The van der Waals surface area contributed by atoms with Gasteiger partial charge in [0.2, 0.25) is 5.91 Å². The molecule has 0 unspecified atom stereocenters. The molecule has 1 aromatic carbocycles. The molecule has 124 valence electrons. The molecular weight excluding hydrogens is 308 g/mol. The first kappa shape index (κ1) is 14.9. The van der Waals surface area contributed by atoms with Gasteiger partial charge >= 0.3 is 5.97 Å². The van der Waals surface area contributed by atoms with Gasteiger partial charge in [0, 0.05) is 12.1 Å². The van der Waals surface area contributed by atoms with Crippen LogP contribution in [0.5, 0.6) is 0 Å². The van der Waals surface area contributed by atoms with Gasteiger partial charge in [0.05, 0.1) is 11.8 Å². The second-order valence-electron chi connectivity index (χ2n) is 6.47. The number of carboxylic acids is 1. The average molecular weight is 326 g/mol. The molecule has 6 heteroatoms. The van der Waals surface area contributed by atoms with Crippen LogP contribution in [-0.4, -0.2) is 22.0 Å². The minimum absolute atomic E-state index is 0.0126. The quantitative estimate of drug-likeness (QED) is 0.843. The van der Waals surface area contributed by atoms with Crippen molar-refractivity contribution < 1.29 is 19.1 Å². The molecule has 2 bridgehead atoms. The van der Waals surface area contributed by atoms with Crippen LogP contribution < -0.4 is 5.32 Å². The van der Waals surface area contributed by atoms with Crippen molar-refractivity contribution in [2.45, 2.75) is 19.8 Å². The number of carbonyl (C=O) groups excluding carboxylic acids is 1. The highest BCUT2D eigenvalue weighted by Crippen LogP contribution is 2.48. The Morgan fingerprint density at radius 3 is 2.75 bits per heavy atom. The number of aryl methyl sites for hydroxylation is 1. The number of amides is 1. The number of anilines is 1. The van der Waals surface area contributed by atoms with E-state index in [0.717, 1.165) is 6.42 Å². The van der Waals surface area contributed by atoms with Crippen molar-refractivity contribution in [1.82, 2.24) is 4.98 Å². The Kier molecular flexibility index (Phi) is 3.40. The standard InChI is InChI=1S/C18H18N2O4/c1-2-14-20-12-8-11(5-6-13(12)24-14)19-17(21)15-9-3-4-10(7-9)16(15)18(22)23/h3-6,8-10,15-16H,2,7H2,1H3,(H,19,21)(H,22,23)/t9-,10-,15+,16+/m0/s1. The number of aliphatic carboxylic acids is 1. The van der Waals surface area contributed by atoms with Crippen LogP contribution in [0.25, 0.3) is 11.1 Å². The number of aromatic nitrogens is 1. The number of oxazole rings is 1.